The Kier molecular flexibility index (Phi) is 5.51. The highest BCUT2D eigenvalue weighted by atomic mass is 19.1. The van der Waals surface area contributed by atoms with Crippen molar-refractivity contribution in [1.29, 1.82) is 5.26 Å². The molecule has 0 aliphatic carbocycles. The fourth-order valence-corrected chi connectivity index (χ4v) is 4.13. The van der Waals surface area contributed by atoms with Crippen LogP contribution in [0.25, 0.3) is 0 Å². The summed E-state index contributed by atoms with van der Waals surface area (Å²) in [5.74, 6) is -0.606. The maximum absolute atomic E-state index is 14.4. The molecule has 160 valence electrons. The van der Waals surface area contributed by atoms with Crippen LogP contribution in [-0.4, -0.2) is 23.6 Å². The van der Waals surface area contributed by atoms with E-state index in [4.69, 9.17) is 4.42 Å². The van der Waals surface area contributed by atoms with E-state index in [1.807, 2.05) is 24.5 Å². The van der Waals surface area contributed by atoms with Gasteiger partial charge in [-0.3, -0.25) is 4.79 Å². The first-order valence-electron chi connectivity index (χ1n) is 10.0. The molecule has 4 rings (SSSR count). The van der Waals surface area contributed by atoms with Gasteiger partial charge in [0.15, 0.2) is 0 Å². The summed E-state index contributed by atoms with van der Waals surface area (Å²) in [5, 5.41) is 12.5. The number of hydrogen-bond acceptors (Lipinski definition) is 4. The zero-order valence-electron chi connectivity index (χ0n) is 17.3. The van der Waals surface area contributed by atoms with Gasteiger partial charge in [0.2, 0.25) is 5.91 Å². The first kappa shape index (κ1) is 20.7. The van der Waals surface area contributed by atoms with Crippen LogP contribution in [0.2, 0.25) is 0 Å². The Labute approximate surface area is 178 Å². The normalized spacial score (nSPS) is 13.1. The Morgan fingerprint density at radius 3 is 2.84 bits per heavy atom. The molecule has 0 atom stereocenters. The zero-order valence-corrected chi connectivity index (χ0v) is 17.3. The summed E-state index contributed by atoms with van der Waals surface area (Å²) >= 11 is 0. The number of amides is 1. The quantitative estimate of drug-likeness (QED) is 0.663. The minimum atomic E-state index is -0.673. The van der Waals surface area contributed by atoms with Crippen LogP contribution in [0, 0.1) is 36.8 Å². The number of nitrogens with zero attached hydrogens (tertiary/aromatic N) is 3. The number of rotatable bonds is 5. The van der Waals surface area contributed by atoms with Crippen molar-refractivity contribution in [3.63, 3.8) is 0 Å². The molecule has 2 aromatic heterocycles. The highest BCUT2D eigenvalue weighted by molar-refractivity contribution is 5.95. The Morgan fingerprint density at radius 1 is 1.32 bits per heavy atom. The van der Waals surface area contributed by atoms with Crippen LogP contribution in [0.5, 0.6) is 0 Å². The van der Waals surface area contributed by atoms with E-state index < -0.39 is 11.6 Å². The first-order valence-corrected chi connectivity index (χ1v) is 10.0. The molecule has 1 aliphatic rings. The summed E-state index contributed by atoms with van der Waals surface area (Å²) in [6, 6.07) is 7.91. The van der Waals surface area contributed by atoms with Crippen LogP contribution in [0.1, 0.15) is 34.6 Å². The maximum Gasteiger partial charge on any atom is 0.245 e. The number of carbonyl (C=O) groups is 1. The molecule has 3 aromatic rings. The Balaban J connectivity index is 1.60. The number of aryl methyl sites for hydroxylation is 1. The van der Waals surface area contributed by atoms with Gasteiger partial charge in [-0.1, -0.05) is 0 Å². The van der Waals surface area contributed by atoms with E-state index in [-0.39, 0.29) is 18.1 Å². The van der Waals surface area contributed by atoms with Crippen molar-refractivity contribution in [3.8, 4) is 6.07 Å². The molecule has 0 radical (unpaired) electrons. The van der Waals surface area contributed by atoms with Crippen LogP contribution < -0.4 is 10.2 Å². The summed E-state index contributed by atoms with van der Waals surface area (Å²) in [6.45, 7) is 4.44. The predicted octanol–water partition coefficient (Wildman–Crippen LogP) is 4.29. The summed E-state index contributed by atoms with van der Waals surface area (Å²) in [5.41, 5.74) is 2.82. The lowest BCUT2D eigenvalue weighted by Gasteiger charge is -2.31. The lowest BCUT2D eigenvalue weighted by molar-refractivity contribution is -0.115. The monoisotopic (exact) mass is 424 g/mol. The number of halogens is 2. The topological polar surface area (TPSA) is 74.2 Å². The smallest absolute Gasteiger partial charge is 0.245 e. The SMILES string of the molecule is Cc1c(C#N)c(NC(=O)CN2CCCc3cc(F)cc(F)c32)n(Cc2ccco2)c1C. The van der Waals surface area contributed by atoms with Gasteiger partial charge in [0.1, 0.15) is 29.3 Å². The van der Waals surface area contributed by atoms with Gasteiger partial charge in [-0.25, -0.2) is 8.78 Å². The van der Waals surface area contributed by atoms with Gasteiger partial charge in [0, 0.05) is 18.3 Å². The summed E-state index contributed by atoms with van der Waals surface area (Å²) < 4.78 is 35.3. The van der Waals surface area contributed by atoms with E-state index >= 15 is 0 Å². The number of hydrogen-bond donors (Lipinski definition) is 1. The molecule has 0 unspecified atom stereocenters. The fourth-order valence-electron chi connectivity index (χ4n) is 4.13. The first-order chi connectivity index (χ1) is 14.9. The highest BCUT2D eigenvalue weighted by Crippen LogP contribution is 2.31. The third-order valence-corrected chi connectivity index (χ3v) is 5.72. The van der Waals surface area contributed by atoms with Crippen molar-refractivity contribution in [2.45, 2.75) is 33.2 Å². The van der Waals surface area contributed by atoms with E-state index in [1.54, 1.807) is 17.2 Å². The summed E-state index contributed by atoms with van der Waals surface area (Å²) in [6.07, 6.45) is 2.82. The minimum absolute atomic E-state index is 0.107. The Bertz CT molecular complexity index is 1180. The van der Waals surface area contributed by atoms with Gasteiger partial charge in [-0.05, 0) is 56.0 Å². The molecule has 0 spiro atoms. The number of fused-ring (bicyclic) bond motifs is 1. The molecule has 1 N–H and O–H groups in total. The van der Waals surface area contributed by atoms with Crippen LogP contribution >= 0.6 is 0 Å². The third-order valence-electron chi connectivity index (χ3n) is 5.72. The van der Waals surface area contributed by atoms with E-state index in [9.17, 15) is 18.8 Å². The fraction of sp³-hybridized carbons (Fsp3) is 0.304. The lowest BCUT2D eigenvalue weighted by Crippen LogP contribution is -2.38. The van der Waals surface area contributed by atoms with Gasteiger partial charge >= 0.3 is 0 Å². The van der Waals surface area contributed by atoms with E-state index in [1.165, 1.54) is 6.07 Å². The van der Waals surface area contributed by atoms with Crippen molar-refractivity contribution >= 4 is 17.4 Å². The molecular weight excluding hydrogens is 402 g/mol. The molecule has 0 saturated heterocycles. The maximum atomic E-state index is 14.4. The van der Waals surface area contributed by atoms with Crippen LogP contribution in [0.15, 0.2) is 34.9 Å². The predicted molar refractivity (Wildman–Crippen MR) is 112 cm³/mol. The molecule has 0 bridgehead atoms. The van der Waals surface area contributed by atoms with Crippen LogP contribution in [0.3, 0.4) is 0 Å². The molecule has 6 nitrogen and oxygen atoms in total. The van der Waals surface area contributed by atoms with Gasteiger partial charge in [-0.2, -0.15) is 5.26 Å². The van der Waals surface area contributed by atoms with Crippen molar-refractivity contribution in [3.05, 3.63) is 70.3 Å². The van der Waals surface area contributed by atoms with E-state index in [0.29, 0.717) is 48.6 Å². The van der Waals surface area contributed by atoms with Crippen LogP contribution in [0.4, 0.5) is 20.3 Å². The van der Waals surface area contributed by atoms with Crippen LogP contribution in [-0.2, 0) is 17.8 Å². The van der Waals surface area contributed by atoms with E-state index in [0.717, 1.165) is 17.3 Å². The van der Waals surface area contributed by atoms with Gasteiger partial charge < -0.3 is 19.2 Å². The molecule has 0 saturated carbocycles. The second-order valence-electron chi connectivity index (χ2n) is 7.68. The molecule has 1 aromatic carbocycles. The average molecular weight is 424 g/mol. The molecule has 1 aliphatic heterocycles. The van der Waals surface area contributed by atoms with E-state index in [2.05, 4.69) is 11.4 Å². The minimum Gasteiger partial charge on any atom is -0.467 e. The zero-order chi connectivity index (χ0) is 22.1. The van der Waals surface area contributed by atoms with Gasteiger partial charge in [-0.15, -0.1) is 0 Å². The standard InChI is InChI=1S/C23H22F2N4O2/c1-14-15(2)29(12-18-6-4-8-31-18)23(19(14)11-26)27-21(30)13-28-7-3-5-16-9-17(24)10-20(25)22(16)28/h4,6,8-10H,3,5,7,12-13H2,1-2H3,(H,27,30). The summed E-state index contributed by atoms with van der Waals surface area (Å²) in [4.78, 5) is 14.5. The largest absolute Gasteiger partial charge is 0.467 e. The highest BCUT2D eigenvalue weighted by Gasteiger charge is 2.25. The number of benzene rings is 1. The second-order valence-corrected chi connectivity index (χ2v) is 7.68. The van der Waals surface area contributed by atoms with Crippen molar-refractivity contribution < 1.29 is 18.0 Å². The molecule has 1 amide bonds. The molecular formula is C23H22F2N4O2. The number of anilines is 2. The molecule has 0 fully saturated rings. The number of aromatic nitrogens is 1. The van der Waals surface area contributed by atoms with Gasteiger partial charge in [0.05, 0.1) is 30.6 Å². The molecule has 3 heterocycles. The number of nitriles is 1. The van der Waals surface area contributed by atoms with Crippen molar-refractivity contribution in [1.82, 2.24) is 4.57 Å². The Hall–Kier alpha value is -3.60. The second kappa shape index (κ2) is 8.26. The number of nitrogens with one attached hydrogen (secondary N) is 1. The molecule has 8 heteroatoms. The van der Waals surface area contributed by atoms with Crippen molar-refractivity contribution in [2.24, 2.45) is 0 Å². The number of furan rings is 1. The van der Waals surface area contributed by atoms with Crippen molar-refractivity contribution in [2.75, 3.05) is 23.3 Å². The average Bonchev–Trinajstić information content (AvgIpc) is 3.30. The molecule has 31 heavy (non-hydrogen) atoms. The summed E-state index contributed by atoms with van der Waals surface area (Å²) in [7, 11) is 0. The Morgan fingerprint density at radius 2 is 2.13 bits per heavy atom. The lowest BCUT2D eigenvalue weighted by atomic mass is 10.0. The van der Waals surface area contributed by atoms with Gasteiger partial charge in [0.25, 0.3) is 0 Å². The third kappa shape index (κ3) is 3.91. The number of carbonyl (C=O) groups excluding carboxylic acids is 1.